The largest absolute Gasteiger partial charge is 0.484 e. The number of aromatic nitrogens is 2. The lowest BCUT2D eigenvalue weighted by atomic mass is 10.3. The smallest absolute Gasteiger partial charge is 0.167 e. The zero-order chi connectivity index (χ0) is 14.0. The summed E-state index contributed by atoms with van der Waals surface area (Å²) in [5, 5.41) is 1.47. The van der Waals surface area contributed by atoms with Crippen LogP contribution in [0.25, 0.3) is 0 Å². The molecule has 0 aliphatic carbocycles. The van der Waals surface area contributed by atoms with Crippen molar-refractivity contribution in [3.05, 3.63) is 49.9 Å². The first kappa shape index (κ1) is 14.7. The third-order valence-electron chi connectivity index (χ3n) is 2.20. The summed E-state index contributed by atoms with van der Waals surface area (Å²) in [5.41, 5.74) is 0.763. The summed E-state index contributed by atoms with van der Waals surface area (Å²) in [4.78, 5) is 8.24. The Balaban J connectivity index is 2.16. The van der Waals surface area contributed by atoms with Gasteiger partial charge in [-0.25, -0.2) is 9.97 Å². The summed E-state index contributed by atoms with van der Waals surface area (Å²) >= 11 is 23.6. The van der Waals surface area contributed by atoms with Crippen LogP contribution in [0.3, 0.4) is 0 Å². The lowest BCUT2D eigenvalue weighted by Gasteiger charge is -2.09. The normalized spacial score (nSPS) is 10.6. The molecule has 2 aromatic rings. The third-order valence-corrected chi connectivity index (χ3v) is 3.41. The minimum Gasteiger partial charge on any atom is -0.484 e. The van der Waals surface area contributed by atoms with E-state index in [1.54, 1.807) is 12.1 Å². The molecule has 1 aromatic carbocycles. The molecular formula is C12H8Cl4N2O. The predicted molar refractivity (Wildman–Crippen MR) is 77.6 cm³/mol. The molecule has 0 unspecified atom stereocenters. The Morgan fingerprint density at radius 1 is 0.947 bits per heavy atom. The van der Waals surface area contributed by atoms with Gasteiger partial charge in [-0.3, -0.25) is 0 Å². The second-order valence-electron chi connectivity index (χ2n) is 3.73. The molecule has 0 amide bonds. The van der Waals surface area contributed by atoms with Gasteiger partial charge < -0.3 is 4.74 Å². The molecule has 0 aliphatic rings. The maximum Gasteiger partial charge on any atom is 0.167 e. The topological polar surface area (TPSA) is 35.0 Å². The van der Waals surface area contributed by atoms with Gasteiger partial charge in [0.1, 0.15) is 17.5 Å². The second-order valence-corrected chi connectivity index (χ2v) is 5.34. The van der Waals surface area contributed by atoms with E-state index < -0.39 is 0 Å². The highest BCUT2D eigenvalue weighted by molar-refractivity contribution is 6.43. The molecule has 0 aliphatic heterocycles. The summed E-state index contributed by atoms with van der Waals surface area (Å²) < 4.78 is 5.51. The van der Waals surface area contributed by atoms with E-state index in [1.807, 2.05) is 6.92 Å². The van der Waals surface area contributed by atoms with Gasteiger partial charge in [0.05, 0.1) is 15.1 Å². The minimum absolute atomic E-state index is 0.138. The van der Waals surface area contributed by atoms with Crippen molar-refractivity contribution in [2.24, 2.45) is 0 Å². The zero-order valence-electron chi connectivity index (χ0n) is 9.75. The number of nitrogens with zero attached hydrogens (tertiary/aromatic N) is 2. The maximum atomic E-state index is 6.00. The molecule has 7 heteroatoms. The van der Waals surface area contributed by atoms with Crippen LogP contribution >= 0.6 is 46.4 Å². The fraction of sp³-hybridized carbons (Fsp3) is 0.167. The molecule has 1 aromatic heterocycles. The summed E-state index contributed by atoms with van der Waals surface area (Å²) in [7, 11) is 0. The van der Waals surface area contributed by atoms with Crippen LogP contribution in [0, 0.1) is 6.92 Å². The number of hydrogen-bond donors (Lipinski definition) is 0. The van der Waals surface area contributed by atoms with E-state index in [-0.39, 0.29) is 6.61 Å². The van der Waals surface area contributed by atoms with Crippen LogP contribution < -0.4 is 4.74 Å². The van der Waals surface area contributed by atoms with Crippen LogP contribution in [-0.2, 0) is 6.61 Å². The molecular weight excluding hydrogens is 330 g/mol. The quantitative estimate of drug-likeness (QED) is 0.585. The predicted octanol–water partition coefficient (Wildman–Crippen LogP) is 4.98. The monoisotopic (exact) mass is 336 g/mol. The first-order chi connectivity index (χ1) is 8.95. The van der Waals surface area contributed by atoms with Crippen molar-refractivity contribution in [3.63, 3.8) is 0 Å². The Morgan fingerprint density at radius 2 is 1.63 bits per heavy atom. The molecule has 0 saturated carbocycles. The first-order valence-corrected chi connectivity index (χ1v) is 6.74. The van der Waals surface area contributed by atoms with Crippen molar-refractivity contribution in [3.8, 4) is 5.75 Å². The standard InChI is InChI=1S/C12H8Cl4N2O/c1-6-2-11(16)18-12(17-6)5-19-10-4-8(14)7(13)3-9(10)15/h2-4H,5H2,1H3. The molecule has 100 valence electrons. The molecule has 0 radical (unpaired) electrons. The van der Waals surface area contributed by atoms with Crippen LogP contribution in [-0.4, -0.2) is 9.97 Å². The SMILES string of the molecule is Cc1cc(Cl)nc(COc2cc(Cl)c(Cl)cc2Cl)n1. The van der Waals surface area contributed by atoms with Gasteiger partial charge in [-0.05, 0) is 19.1 Å². The van der Waals surface area contributed by atoms with E-state index in [0.717, 1.165) is 5.69 Å². The first-order valence-electron chi connectivity index (χ1n) is 5.23. The molecule has 19 heavy (non-hydrogen) atoms. The third kappa shape index (κ3) is 3.86. The fourth-order valence-corrected chi connectivity index (χ4v) is 2.26. The molecule has 0 N–H and O–H groups in total. The van der Waals surface area contributed by atoms with Crippen LogP contribution in [0.4, 0.5) is 0 Å². The van der Waals surface area contributed by atoms with E-state index >= 15 is 0 Å². The van der Waals surface area contributed by atoms with E-state index in [1.165, 1.54) is 6.07 Å². The van der Waals surface area contributed by atoms with E-state index in [0.29, 0.717) is 31.8 Å². The second kappa shape index (κ2) is 6.14. The number of aryl methyl sites for hydroxylation is 1. The van der Waals surface area contributed by atoms with Gasteiger partial charge in [-0.1, -0.05) is 46.4 Å². The average molecular weight is 338 g/mol. The Morgan fingerprint density at radius 3 is 2.32 bits per heavy atom. The van der Waals surface area contributed by atoms with Gasteiger partial charge >= 0.3 is 0 Å². The Bertz CT molecular complexity index is 599. The Hall–Kier alpha value is -0.740. The Labute approximate surface area is 130 Å². The summed E-state index contributed by atoms with van der Waals surface area (Å²) in [6.45, 7) is 1.96. The maximum absolute atomic E-state index is 6.00. The van der Waals surface area contributed by atoms with Crippen molar-refractivity contribution in [1.29, 1.82) is 0 Å². The highest BCUT2D eigenvalue weighted by Gasteiger charge is 2.08. The van der Waals surface area contributed by atoms with E-state index in [4.69, 9.17) is 51.1 Å². The zero-order valence-corrected chi connectivity index (χ0v) is 12.8. The Kier molecular flexibility index (Phi) is 4.74. The van der Waals surface area contributed by atoms with Gasteiger partial charge in [0.15, 0.2) is 5.82 Å². The number of rotatable bonds is 3. The minimum atomic E-state index is 0.138. The molecule has 0 saturated heterocycles. The fourth-order valence-electron chi connectivity index (χ4n) is 1.41. The molecule has 0 bridgehead atoms. The molecule has 0 atom stereocenters. The van der Waals surface area contributed by atoms with Gasteiger partial charge in [-0.15, -0.1) is 0 Å². The van der Waals surface area contributed by atoms with Crippen LogP contribution in [0.2, 0.25) is 20.2 Å². The van der Waals surface area contributed by atoms with Crippen molar-refractivity contribution in [2.45, 2.75) is 13.5 Å². The van der Waals surface area contributed by atoms with Gasteiger partial charge in [0, 0.05) is 11.8 Å². The number of ether oxygens (including phenoxy) is 1. The van der Waals surface area contributed by atoms with Crippen molar-refractivity contribution in [1.82, 2.24) is 9.97 Å². The van der Waals surface area contributed by atoms with Crippen molar-refractivity contribution < 1.29 is 4.74 Å². The van der Waals surface area contributed by atoms with Gasteiger partial charge in [0.25, 0.3) is 0 Å². The van der Waals surface area contributed by atoms with Gasteiger partial charge in [0.2, 0.25) is 0 Å². The van der Waals surface area contributed by atoms with Crippen molar-refractivity contribution in [2.75, 3.05) is 0 Å². The van der Waals surface area contributed by atoms with Crippen LogP contribution in [0.15, 0.2) is 18.2 Å². The highest BCUT2D eigenvalue weighted by atomic mass is 35.5. The highest BCUT2D eigenvalue weighted by Crippen LogP contribution is 2.34. The molecule has 2 rings (SSSR count). The molecule has 0 fully saturated rings. The lowest BCUT2D eigenvalue weighted by Crippen LogP contribution is -2.03. The van der Waals surface area contributed by atoms with Crippen LogP contribution in [0.1, 0.15) is 11.5 Å². The summed E-state index contributed by atoms with van der Waals surface area (Å²) in [5.74, 6) is 0.879. The van der Waals surface area contributed by atoms with E-state index in [2.05, 4.69) is 9.97 Å². The molecule has 3 nitrogen and oxygen atoms in total. The number of hydrogen-bond acceptors (Lipinski definition) is 3. The number of halogens is 4. The van der Waals surface area contributed by atoms with E-state index in [9.17, 15) is 0 Å². The van der Waals surface area contributed by atoms with Gasteiger partial charge in [-0.2, -0.15) is 0 Å². The average Bonchev–Trinajstić information content (AvgIpc) is 2.31. The summed E-state index contributed by atoms with van der Waals surface area (Å²) in [6.07, 6.45) is 0. The van der Waals surface area contributed by atoms with Crippen LogP contribution in [0.5, 0.6) is 5.75 Å². The summed E-state index contributed by atoms with van der Waals surface area (Å²) in [6, 6.07) is 4.73. The molecule has 1 heterocycles. The lowest BCUT2D eigenvalue weighted by molar-refractivity contribution is 0.295. The molecule has 0 spiro atoms. The number of benzene rings is 1. The van der Waals surface area contributed by atoms with Crippen molar-refractivity contribution >= 4 is 46.4 Å².